The maximum absolute atomic E-state index is 12.5. The van der Waals surface area contributed by atoms with Gasteiger partial charge in [-0.25, -0.2) is 0 Å². The molecule has 3 rings (SSSR count). The number of carbonyl (C=O) groups excluding carboxylic acids is 1. The molecule has 0 spiro atoms. The molecule has 0 unspecified atom stereocenters. The van der Waals surface area contributed by atoms with Crippen molar-refractivity contribution < 1.29 is 14.3 Å². The Labute approximate surface area is 135 Å². The molecule has 0 aliphatic carbocycles. The van der Waals surface area contributed by atoms with E-state index in [9.17, 15) is 4.79 Å². The molecular formula is C16H21ClN2O3. The van der Waals surface area contributed by atoms with E-state index >= 15 is 0 Å². The minimum absolute atomic E-state index is 0.134. The van der Waals surface area contributed by atoms with Gasteiger partial charge in [0.05, 0.1) is 25.4 Å². The molecule has 3 atom stereocenters. The maximum atomic E-state index is 12.5. The van der Waals surface area contributed by atoms with Crippen molar-refractivity contribution in [2.75, 3.05) is 26.8 Å². The number of hydrogen-bond donors (Lipinski definition) is 1. The monoisotopic (exact) mass is 324 g/mol. The van der Waals surface area contributed by atoms with Crippen LogP contribution in [-0.2, 0) is 4.74 Å². The van der Waals surface area contributed by atoms with Crippen LogP contribution < -0.4 is 10.1 Å². The highest BCUT2D eigenvalue weighted by atomic mass is 35.5. The summed E-state index contributed by atoms with van der Waals surface area (Å²) in [6.07, 6.45) is 1.18. The van der Waals surface area contributed by atoms with E-state index in [2.05, 4.69) is 17.1 Å². The highest BCUT2D eigenvalue weighted by Crippen LogP contribution is 2.25. The molecule has 1 amide bonds. The Bertz CT molecular complexity index is 566. The molecule has 0 radical (unpaired) electrons. The number of carbonyl (C=O) groups is 1. The van der Waals surface area contributed by atoms with Gasteiger partial charge in [-0.2, -0.15) is 0 Å². The first-order valence-corrected chi connectivity index (χ1v) is 7.94. The summed E-state index contributed by atoms with van der Waals surface area (Å²) in [6, 6.07) is 5.61. The van der Waals surface area contributed by atoms with E-state index in [1.165, 1.54) is 0 Å². The van der Waals surface area contributed by atoms with Crippen LogP contribution in [-0.4, -0.2) is 55.8 Å². The highest BCUT2D eigenvalue weighted by molar-refractivity contribution is 6.31. The predicted molar refractivity (Wildman–Crippen MR) is 84.7 cm³/mol. The molecule has 2 fully saturated rings. The van der Waals surface area contributed by atoms with Crippen LogP contribution in [0.2, 0.25) is 5.02 Å². The lowest BCUT2D eigenvalue weighted by Crippen LogP contribution is -2.45. The zero-order valence-electron chi connectivity index (χ0n) is 12.8. The van der Waals surface area contributed by atoms with Crippen LogP contribution in [0.4, 0.5) is 0 Å². The fourth-order valence-electron chi connectivity index (χ4n) is 3.26. The standard InChI is InChI=1S/C16H21ClN2O3/c1-10-7-19-8-12(6-13(19)9-22-10)18-16(20)14-5-11(17)3-4-15(14)21-2/h3-5,10,12-13H,6-9H2,1-2H3,(H,18,20)/t10-,12+,13+/m1/s1. The minimum Gasteiger partial charge on any atom is -0.496 e. The molecule has 5 nitrogen and oxygen atoms in total. The van der Waals surface area contributed by atoms with Gasteiger partial charge >= 0.3 is 0 Å². The molecule has 0 bridgehead atoms. The number of benzene rings is 1. The number of methoxy groups -OCH3 is 1. The van der Waals surface area contributed by atoms with Gasteiger partial charge in [-0.1, -0.05) is 11.6 Å². The Morgan fingerprint density at radius 1 is 1.45 bits per heavy atom. The molecule has 2 heterocycles. The van der Waals surface area contributed by atoms with Crippen LogP contribution in [0.25, 0.3) is 0 Å². The number of ether oxygens (including phenoxy) is 2. The van der Waals surface area contributed by atoms with Crippen molar-refractivity contribution in [3.8, 4) is 5.75 Å². The molecule has 1 aromatic rings. The number of hydrogen-bond acceptors (Lipinski definition) is 4. The third-order valence-electron chi connectivity index (χ3n) is 4.33. The Morgan fingerprint density at radius 3 is 3.05 bits per heavy atom. The SMILES string of the molecule is COc1ccc(Cl)cc1C(=O)N[C@H]1C[C@H]2CO[C@H](C)CN2C1. The van der Waals surface area contributed by atoms with Gasteiger partial charge in [0.1, 0.15) is 5.75 Å². The topological polar surface area (TPSA) is 50.8 Å². The summed E-state index contributed by atoms with van der Waals surface area (Å²) in [5, 5.41) is 3.62. The summed E-state index contributed by atoms with van der Waals surface area (Å²) in [5.74, 6) is 0.396. The summed E-state index contributed by atoms with van der Waals surface area (Å²) >= 11 is 5.99. The quantitative estimate of drug-likeness (QED) is 0.923. The largest absolute Gasteiger partial charge is 0.496 e. The molecular weight excluding hydrogens is 304 g/mol. The van der Waals surface area contributed by atoms with Gasteiger partial charge in [0.25, 0.3) is 5.91 Å². The molecule has 0 aromatic heterocycles. The summed E-state index contributed by atoms with van der Waals surface area (Å²) in [5.41, 5.74) is 0.476. The molecule has 0 saturated carbocycles. The second-order valence-electron chi connectivity index (χ2n) is 6.00. The maximum Gasteiger partial charge on any atom is 0.255 e. The molecule has 1 aromatic carbocycles. The average molecular weight is 325 g/mol. The molecule has 22 heavy (non-hydrogen) atoms. The van der Waals surface area contributed by atoms with Crippen molar-refractivity contribution in [3.05, 3.63) is 28.8 Å². The van der Waals surface area contributed by atoms with Gasteiger partial charge in [-0.3, -0.25) is 9.69 Å². The Kier molecular flexibility index (Phi) is 4.57. The zero-order valence-corrected chi connectivity index (χ0v) is 13.6. The molecule has 120 valence electrons. The van der Waals surface area contributed by atoms with E-state index in [1.54, 1.807) is 25.3 Å². The number of nitrogens with one attached hydrogen (secondary N) is 1. The van der Waals surface area contributed by atoms with Gasteiger partial charge in [0.15, 0.2) is 0 Å². The van der Waals surface area contributed by atoms with Gasteiger partial charge in [-0.15, -0.1) is 0 Å². The first-order chi connectivity index (χ1) is 10.6. The van der Waals surface area contributed by atoms with Crippen molar-refractivity contribution in [3.63, 3.8) is 0 Å². The van der Waals surface area contributed by atoms with E-state index in [0.29, 0.717) is 22.4 Å². The lowest BCUT2D eigenvalue weighted by atomic mass is 10.1. The summed E-state index contributed by atoms with van der Waals surface area (Å²) in [7, 11) is 1.55. The summed E-state index contributed by atoms with van der Waals surface area (Å²) < 4.78 is 10.9. The average Bonchev–Trinajstić information content (AvgIpc) is 2.88. The van der Waals surface area contributed by atoms with Crippen molar-refractivity contribution in [2.24, 2.45) is 0 Å². The lowest BCUT2D eigenvalue weighted by Gasteiger charge is -2.33. The Morgan fingerprint density at radius 2 is 2.27 bits per heavy atom. The normalized spacial score (nSPS) is 28.2. The number of fused-ring (bicyclic) bond motifs is 1. The van der Waals surface area contributed by atoms with Crippen molar-refractivity contribution in [1.29, 1.82) is 0 Å². The van der Waals surface area contributed by atoms with Crippen LogP contribution in [0.5, 0.6) is 5.75 Å². The van der Waals surface area contributed by atoms with Crippen molar-refractivity contribution in [1.82, 2.24) is 10.2 Å². The fraction of sp³-hybridized carbons (Fsp3) is 0.562. The minimum atomic E-state index is -0.141. The van der Waals surface area contributed by atoms with Gasteiger partial charge in [0, 0.05) is 30.2 Å². The predicted octanol–water partition coefficient (Wildman–Crippen LogP) is 1.94. The summed E-state index contributed by atoms with van der Waals surface area (Å²) in [4.78, 5) is 14.9. The molecule has 2 aliphatic heterocycles. The van der Waals surface area contributed by atoms with Crippen molar-refractivity contribution in [2.45, 2.75) is 31.5 Å². The molecule has 1 N–H and O–H groups in total. The van der Waals surface area contributed by atoms with Crippen LogP contribution in [0.1, 0.15) is 23.7 Å². The van der Waals surface area contributed by atoms with Crippen LogP contribution in [0.15, 0.2) is 18.2 Å². The zero-order chi connectivity index (χ0) is 15.7. The van der Waals surface area contributed by atoms with E-state index < -0.39 is 0 Å². The van der Waals surface area contributed by atoms with Gasteiger partial charge in [-0.05, 0) is 31.5 Å². The highest BCUT2D eigenvalue weighted by Gasteiger charge is 2.37. The fourth-order valence-corrected chi connectivity index (χ4v) is 3.44. The van der Waals surface area contributed by atoms with Gasteiger partial charge < -0.3 is 14.8 Å². The van der Waals surface area contributed by atoms with E-state index in [0.717, 1.165) is 26.1 Å². The first kappa shape index (κ1) is 15.6. The molecule has 2 aliphatic rings. The third kappa shape index (κ3) is 3.21. The Hall–Kier alpha value is -1.30. The van der Waals surface area contributed by atoms with Crippen molar-refractivity contribution >= 4 is 17.5 Å². The number of morpholine rings is 1. The molecule has 6 heteroatoms. The summed E-state index contributed by atoms with van der Waals surface area (Å²) in [6.45, 7) is 4.62. The third-order valence-corrected chi connectivity index (χ3v) is 4.57. The second-order valence-corrected chi connectivity index (χ2v) is 6.44. The second kappa shape index (κ2) is 6.44. The van der Waals surface area contributed by atoms with Crippen LogP contribution in [0.3, 0.4) is 0 Å². The van der Waals surface area contributed by atoms with E-state index in [1.807, 2.05) is 0 Å². The van der Waals surface area contributed by atoms with Crippen LogP contribution in [0, 0.1) is 0 Å². The lowest BCUT2D eigenvalue weighted by molar-refractivity contribution is -0.0390. The number of nitrogens with zero attached hydrogens (tertiary/aromatic N) is 1. The smallest absolute Gasteiger partial charge is 0.255 e. The van der Waals surface area contributed by atoms with Gasteiger partial charge in [0.2, 0.25) is 0 Å². The first-order valence-electron chi connectivity index (χ1n) is 7.57. The number of halogens is 1. The van der Waals surface area contributed by atoms with E-state index in [4.69, 9.17) is 21.1 Å². The van der Waals surface area contributed by atoms with E-state index in [-0.39, 0.29) is 18.1 Å². The number of amides is 1. The number of rotatable bonds is 3. The Balaban J connectivity index is 1.67. The van der Waals surface area contributed by atoms with Crippen LogP contribution >= 0.6 is 11.6 Å². The molecule has 2 saturated heterocycles.